The van der Waals surface area contributed by atoms with E-state index in [9.17, 15) is 8.42 Å². The lowest BCUT2D eigenvalue weighted by molar-refractivity contribution is 0.501. The van der Waals surface area contributed by atoms with Gasteiger partial charge < -0.3 is 0 Å². The molecule has 0 aromatic carbocycles. The summed E-state index contributed by atoms with van der Waals surface area (Å²) in [5.41, 5.74) is 2.34. The number of nitrogens with zero attached hydrogens (tertiary/aromatic N) is 6. The fourth-order valence-corrected chi connectivity index (χ4v) is 4.85. The van der Waals surface area contributed by atoms with Crippen molar-refractivity contribution in [2.45, 2.75) is 26.3 Å². The molecule has 1 aliphatic heterocycles. The zero-order valence-corrected chi connectivity index (χ0v) is 15.3. The number of hydrogen-bond acceptors (Lipinski definition) is 7. The van der Waals surface area contributed by atoms with Crippen LogP contribution in [0.5, 0.6) is 0 Å². The molecule has 1 saturated heterocycles. The molecule has 4 heterocycles. The van der Waals surface area contributed by atoms with Crippen LogP contribution in [0.1, 0.15) is 24.0 Å². The lowest BCUT2D eigenvalue weighted by atomic mass is 10.2. The highest BCUT2D eigenvalue weighted by Crippen LogP contribution is 2.29. The van der Waals surface area contributed by atoms with Gasteiger partial charge in [0.15, 0.2) is 21.5 Å². The van der Waals surface area contributed by atoms with Gasteiger partial charge in [-0.05, 0) is 32.4 Å². The SMILES string of the molecule is Cc1nc(-c2cnc(-c3cccnc3)nc2C)n(C2CCS(=O)(=O)C2)n1. The number of pyridine rings is 1. The van der Waals surface area contributed by atoms with E-state index in [-0.39, 0.29) is 17.5 Å². The van der Waals surface area contributed by atoms with Crippen molar-refractivity contribution in [1.82, 2.24) is 29.7 Å². The summed E-state index contributed by atoms with van der Waals surface area (Å²) >= 11 is 0. The Balaban J connectivity index is 1.75. The Morgan fingerprint density at radius 2 is 2.04 bits per heavy atom. The molecule has 3 aromatic rings. The molecule has 8 nitrogen and oxygen atoms in total. The minimum atomic E-state index is -3.01. The van der Waals surface area contributed by atoms with Crippen molar-refractivity contribution in [3.05, 3.63) is 42.2 Å². The maximum Gasteiger partial charge on any atom is 0.162 e. The van der Waals surface area contributed by atoms with E-state index in [0.29, 0.717) is 23.9 Å². The van der Waals surface area contributed by atoms with Crippen LogP contribution in [0.3, 0.4) is 0 Å². The maximum atomic E-state index is 11.8. The lowest BCUT2D eigenvalue weighted by Crippen LogP contribution is -2.14. The van der Waals surface area contributed by atoms with Gasteiger partial charge in [0.1, 0.15) is 5.82 Å². The van der Waals surface area contributed by atoms with Crippen LogP contribution in [0.4, 0.5) is 0 Å². The Morgan fingerprint density at radius 3 is 2.69 bits per heavy atom. The van der Waals surface area contributed by atoms with E-state index in [1.165, 1.54) is 0 Å². The molecule has 134 valence electrons. The van der Waals surface area contributed by atoms with Crippen molar-refractivity contribution in [3.63, 3.8) is 0 Å². The molecule has 0 saturated carbocycles. The lowest BCUT2D eigenvalue weighted by Gasteiger charge is -2.13. The van der Waals surface area contributed by atoms with Gasteiger partial charge >= 0.3 is 0 Å². The third-order valence-electron chi connectivity index (χ3n) is 4.43. The first kappa shape index (κ1) is 16.8. The number of hydrogen-bond donors (Lipinski definition) is 0. The topological polar surface area (TPSA) is 104 Å². The molecule has 0 amide bonds. The molecule has 1 aliphatic rings. The first-order chi connectivity index (χ1) is 12.4. The number of sulfone groups is 1. The van der Waals surface area contributed by atoms with Gasteiger partial charge in [0, 0.05) is 24.2 Å². The Bertz CT molecular complexity index is 1060. The number of aryl methyl sites for hydroxylation is 2. The second-order valence-corrected chi connectivity index (χ2v) is 8.65. The molecule has 0 aliphatic carbocycles. The normalized spacial score (nSPS) is 18.9. The van der Waals surface area contributed by atoms with Gasteiger partial charge in [-0.25, -0.2) is 28.1 Å². The summed E-state index contributed by atoms with van der Waals surface area (Å²) in [5, 5.41) is 4.43. The van der Waals surface area contributed by atoms with Gasteiger partial charge in [-0.2, -0.15) is 5.10 Å². The second-order valence-electron chi connectivity index (χ2n) is 6.42. The fraction of sp³-hybridized carbons (Fsp3) is 0.353. The summed E-state index contributed by atoms with van der Waals surface area (Å²) < 4.78 is 25.4. The van der Waals surface area contributed by atoms with Crippen LogP contribution in [0, 0.1) is 13.8 Å². The van der Waals surface area contributed by atoms with Crippen LogP contribution in [0.25, 0.3) is 22.8 Å². The average molecular weight is 370 g/mol. The molecule has 1 fully saturated rings. The molecular weight excluding hydrogens is 352 g/mol. The smallest absolute Gasteiger partial charge is 0.162 e. The molecule has 0 bridgehead atoms. The monoisotopic (exact) mass is 370 g/mol. The van der Waals surface area contributed by atoms with Gasteiger partial charge in [0.2, 0.25) is 0 Å². The van der Waals surface area contributed by atoms with Crippen molar-refractivity contribution in [1.29, 1.82) is 0 Å². The predicted molar refractivity (Wildman–Crippen MR) is 96.1 cm³/mol. The largest absolute Gasteiger partial charge is 0.264 e. The Labute approximate surface area is 151 Å². The summed E-state index contributed by atoms with van der Waals surface area (Å²) in [6, 6.07) is 3.54. The van der Waals surface area contributed by atoms with E-state index in [1.807, 2.05) is 19.1 Å². The van der Waals surface area contributed by atoms with Gasteiger partial charge in [-0.1, -0.05) is 0 Å². The Kier molecular flexibility index (Phi) is 4.03. The zero-order chi connectivity index (χ0) is 18.3. The van der Waals surface area contributed by atoms with Gasteiger partial charge in [-0.3, -0.25) is 4.98 Å². The fourth-order valence-electron chi connectivity index (χ4n) is 3.16. The minimum Gasteiger partial charge on any atom is -0.264 e. The van der Waals surface area contributed by atoms with Crippen molar-refractivity contribution < 1.29 is 8.42 Å². The highest BCUT2D eigenvalue weighted by Gasteiger charge is 2.32. The molecule has 1 unspecified atom stereocenters. The molecule has 1 atom stereocenters. The predicted octanol–water partition coefficient (Wildman–Crippen LogP) is 1.77. The first-order valence-corrected chi connectivity index (χ1v) is 10.1. The second kappa shape index (κ2) is 6.24. The van der Waals surface area contributed by atoms with Crippen LogP contribution in [-0.4, -0.2) is 49.6 Å². The minimum absolute atomic E-state index is 0.0937. The Morgan fingerprint density at radius 1 is 1.19 bits per heavy atom. The van der Waals surface area contributed by atoms with E-state index < -0.39 is 9.84 Å². The quantitative estimate of drug-likeness (QED) is 0.692. The molecule has 0 N–H and O–H groups in total. The van der Waals surface area contributed by atoms with Gasteiger partial charge in [-0.15, -0.1) is 0 Å². The summed E-state index contributed by atoms with van der Waals surface area (Å²) in [6.07, 6.45) is 5.68. The van der Waals surface area contributed by atoms with Crippen LogP contribution in [0.15, 0.2) is 30.7 Å². The summed E-state index contributed by atoms with van der Waals surface area (Å²) in [6.45, 7) is 3.68. The van der Waals surface area contributed by atoms with E-state index >= 15 is 0 Å². The van der Waals surface area contributed by atoms with Crippen LogP contribution < -0.4 is 0 Å². The molecule has 3 aromatic heterocycles. The van der Waals surface area contributed by atoms with Crippen molar-refractivity contribution in [2.24, 2.45) is 0 Å². The third-order valence-corrected chi connectivity index (χ3v) is 6.18. The van der Waals surface area contributed by atoms with Crippen molar-refractivity contribution >= 4 is 9.84 Å². The highest BCUT2D eigenvalue weighted by atomic mass is 32.2. The molecule has 0 spiro atoms. The van der Waals surface area contributed by atoms with E-state index in [1.54, 1.807) is 30.2 Å². The first-order valence-electron chi connectivity index (χ1n) is 8.31. The molecule has 0 radical (unpaired) electrons. The molecule has 26 heavy (non-hydrogen) atoms. The van der Waals surface area contributed by atoms with Crippen molar-refractivity contribution in [3.8, 4) is 22.8 Å². The summed E-state index contributed by atoms with van der Waals surface area (Å²) in [4.78, 5) is 17.6. The summed E-state index contributed by atoms with van der Waals surface area (Å²) in [5.74, 6) is 2.08. The van der Waals surface area contributed by atoms with Crippen molar-refractivity contribution in [2.75, 3.05) is 11.5 Å². The average Bonchev–Trinajstić information content (AvgIpc) is 3.17. The van der Waals surface area contributed by atoms with E-state index in [0.717, 1.165) is 16.8 Å². The molecule has 9 heteroatoms. The van der Waals surface area contributed by atoms with Gasteiger partial charge in [0.05, 0.1) is 28.8 Å². The molecular formula is C17H18N6O2S. The van der Waals surface area contributed by atoms with E-state index in [4.69, 9.17) is 0 Å². The van der Waals surface area contributed by atoms with Crippen LogP contribution in [-0.2, 0) is 9.84 Å². The van der Waals surface area contributed by atoms with Crippen LogP contribution >= 0.6 is 0 Å². The number of aromatic nitrogens is 6. The molecule has 4 rings (SSSR count). The Hall–Kier alpha value is -2.68. The zero-order valence-electron chi connectivity index (χ0n) is 14.5. The summed E-state index contributed by atoms with van der Waals surface area (Å²) in [7, 11) is -3.01. The highest BCUT2D eigenvalue weighted by molar-refractivity contribution is 7.91. The standard InChI is InChI=1S/C17H18N6O2S/c1-11-15(9-19-16(20-11)13-4-3-6-18-8-13)17-21-12(2)22-23(17)14-5-7-26(24,25)10-14/h3-4,6,8-9,14H,5,7,10H2,1-2H3. The number of rotatable bonds is 3. The maximum absolute atomic E-state index is 11.8. The van der Waals surface area contributed by atoms with E-state index in [2.05, 4.69) is 25.0 Å². The van der Waals surface area contributed by atoms with Crippen LogP contribution in [0.2, 0.25) is 0 Å². The van der Waals surface area contributed by atoms with Gasteiger partial charge in [0.25, 0.3) is 0 Å². The third kappa shape index (κ3) is 3.10.